The number of nitrogens with zero attached hydrogens (tertiary/aromatic N) is 3. The Morgan fingerprint density at radius 2 is 2.11 bits per heavy atom. The van der Waals surface area contributed by atoms with Crippen molar-refractivity contribution in [3.05, 3.63) is 47.8 Å². The zero-order valence-electron chi connectivity index (χ0n) is 15.8. The molecule has 3 heterocycles. The highest BCUT2D eigenvalue weighted by molar-refractivity contribution is 5.97. The highest BCUT2D eigenvalue weighted by Gasteiger charge is 2.26. The molecule has 146 valence electrons. The molecule has 2 aliphatic heterocycles. The highest BCUT2D eigenvalue weighted by atomic mass is 16.5. The van der Waals surface area contributed by atoms with Gasteiger partial charge < -0.3 is 15.0 Å². The number of nitrogens with one attached hydrogen (secondary N) is 1. The lowest BCUT2D eigenvalue weighted by molar-refractivity contribution is -0.122. The minimum atomic E-state index is -0.181. The molecule has 2 aliphatic rings. The van der Waals surface area contributed by atoms with Crippen LogP contribution in [0.1, 0.15) is 35.3 Å². The summed E-state index contributed by atoms with van der Waals surface area (Å²) in [5, 5.41) is 2.88. The summed E-state index contributed by atoms with van der Waals surface area (Å²) in [5.41, 5.74) is 2.16. The minimum Gasteiger partial charge on any atom is -0.376 e. The van der Waals surface area contributed by atoms with Gasteiger partial charge in [0, 0.05) is 31.5 Å². The summed E-state index contributed by atoms with van der Waals surface area (Å²) in [4.78, 5) is 35.8. The summed E-state index contributed by atoms with van der Waals surface area (Å²) in [6.45, 7) is 1.84. The molecule has 1 fully saturated rings. The standard InChI is InChI=1S/C21H24N4O3/c26-19(22-12-16-8-5-11-28-16)14-25-10-4-9-18-17(21(25)27)13-23-20(24-18)15-6-2-1-3-7-15/h1-3,6-7,13,16H,4-5,8-12,14H2,(H,22,26). The Balaban J connectivity index is 1.43. The number of aromatic nitrogens is 2. The number of amides is 2. The number of benzene rings is 1. The summed E-state index contributed by atoms with van der Waals surface area (Å²) in [6, 6.07) is 9.72. The van der Waals surface area contributed by atoms with Gasteiger partial charge in [0.1, 0.15) is 0 Å². The van der Waals surface area contributed by atoms with Crippen LogP contribution >= 0.6 is 0 Å². The molecular formula is C21H24N4O3. The summed E-state index contributed by atoms with van der Waals surface area (Å²) in [6.07, 6.45) is 5.15. The average Bonchev–Trinajstić information content (AvgIpc) is 3.20. The van der Waals surface area contributed by atoms with Gasteiger partial charge in [-0.2, -0.15) is 0 Å². The zero-order chi connectivity index (χ0) is 19.3. The first-order valence-electron chi connectivity index (χ1n) is 9.79. The van der Waals surface area contributed by atoms with Crippen molar-refractivity contribution >= 4 is 11.8 Å². The largest absolute Gasteiger partial charge is 0.376 e. The molecule has 0 spiro atoms. The smallest absolute Gasteiger partial charge is 0.257 e. The maximum absolute atomic E-state index is 12.9. The lowest BCUT2D eigenvalue weighted by Crippen LogP contribution is -2.42. The number of aryl methyl sites for hydroxylation is 1. The second-order valence-corrected chi connectivity index (χ2v) is 7.19. The third kappa shape index (κ3) is 4.20. The first-order chi connectivity index (χ1) is 13.7. The highest BCUT2D eigenvalue weighted by Crippen LogP contribution is 2.20. The van der Waals surface area contributed by atoms with E-state index < -0.39 is 0 Å². The summed E-state index contributed by atoms with van der Waals surface area (Å²) < 4.78 is 5.52. The molecule has 1 aromatic heterocycles. The first kappa shape index (κ1) is 18.6. The first-order valence-corrected chi connectivity index (χ1v) is 9.79. The van der Waals surface area contributed by atoms with Gasteiger partial charge in [-0.3, -0.25) is 9.59 Å². The number of fused-ring (bicyclic) bond motifs is 1. The molecule has 2 aromatic rings. The summed E-state index contributed by atoms with van der Waals surface area (Å²) in [7, 11) is 0. The molecule has 1 N–H and O–H groups in total. The van der Waals surface area contributed by atoms with Crippen LogP contribution in [0.25, 0.3) is 11.4 Å². The number of carbonyl (C=O) groups is 2. The van der Waals surface area contributed by atoms with E-state index in [0.29, 0.717) is 30.9 Å². The van der Waals surface area contributed by atoms with Crippen LogP contribution in [0, 0.1) is 0 Å². The fourth-order valence-corrected chi connectivity index (χ4v) is 3.64. The third-order valence-electron chi connectivity index (χ3n) is 5.14. The van der Waals surface area contributed by atoms with E-state index >= 15 is 0 Å². The van der Waals surface area contributed by atoms with Crippen molar-refractivity contribution in [2.45, 2.75) is 31.8 Å². The Morgan fingerprint density at radius 1 is 1.25 bits per heavy atom. The van der Waals surface area contributed by atoms with Gasteiger partial charge in [0.2, 0.25) is 5.91 Å². The van der Waals surface area contributed by atoms with Gasteiger partial charge in [0.05, 0.1) is 23.9 Å². The van der Waals surface area contributed by atoms with Crippen molar-refractivity contribution < 1.29 is 14.3 Å². The van der Waals surface area contributed by atoms with Crippen molar-refractivity contribution in [1.82, 2.24) is 20.2 Å². The maximum atomic E-state index is 12.9. The number of hydrogen-bond donors (Lipinski definition) is 1. The second-order valence-electron chi connectivity index (χ2n) is 7.19. The number of ether oxygens (including phenoxy) is 1. The molecule has 1 aromatic carbocycles. The van der Waals surface area contributed by atoms with Crippen LogP contribution in [-0.2, 0) is 16.0 Å². The quantitative estimate of drug-likeness (QED) is 0.855. The van der Waals surface area contributed by atoms with Gasteiger partial charge in [0.15, 0.2) is 5.82 Å². The average molecular weight is 380 g/mol. The van der Waals surface area contributed by atoms with E-state index in [1.165, 1.54) is 0 Å². The molecule has 0 radical (unpaired) electrons. The normalized spacial score (nSPS) is 19.2. The molecule has 7 nitrogen and oxygen atoms in total. The Labute approximate surface area is 164 Å². The predicted octanol–water partition coefficient (Wildman–Crippen LogP) is 1.83. The monoisotopic (exact) mass is 380 g/mol. The molecule has 7 heteroatoms. The topological polar surface area (TPSA) is 84.4 Å². The fourth-order valence-electron chi connectivity index (χ4n) is 3.64. The van der Waals surface area contributed by atoms with Crippen LogP contribution in [0.15, 0.2) is 36.5 Å². The van der Waals surface area contributed by atoms with Crippen LogP contribution in [0.3, 0.4) is 0 Å². The number of rotatable bonds is 5. The molecule has 4 rings (SSSR count). The molecule has 2 amide bonds. The second kappa shape index (κ2) is 8.48. The Bertz CT molecular complexity index is 850. The van der Waals surface area contributed by atoms with Crippen LogP contribution < -0.4 is 5.32 Å². The fraction of sp³-hybridized carbons (Fsp3) is 0.429. The van der Waals surface area contributed by atoms with Crippen molar-refractivity contribution in [1.29, 1.82) is 0 Å². The van der Waals surface area contributed by atoms with E-state index in [9.17, 15) is 9.59 Å². The summed E-state index contributed by atoms with van der Waals surface area (Å²) >= 11 is 0. The molecule has 1 saturated heterocycles. The number of hydrogen-bond acceptors (Lipinski definition) is 5. The molecule has 1 unspecified atom stereocenters. The van der Waals surface area contributed by atoms with Gasteiger partial charge in [-0.1, -0.05) is 30.3 Å². The SMILES string of the molecule is O=C(CN1CCCc2nc(-c3ccccc3)ncc2C1=O)NCC1CCCO1. The van der Waals surface area contributed by atoms with Gasteiger partial charge in [-0.05, 0) is 25.7 Å². The van der Waals surface area contributed by atoms with E-state index in [2.05, 4.69) is 15.3 Å². The van der Waals surface area contributed by atoms with Crippen LogP contribution in [0.4, 0.5) is 0 Å². The van der Waals surface area contributed by atoms with E-state index in [4.69, 9.17) is 4.74 Å². The van der Waals surface area contributed by atoms with Crippen LogP contribution in [0.2, 0.25) is 0 Å². The van der Waals surface area contributed by atoms with Gasteiger partial charge in [-0.15, -0.1) is 0 Å². The Hall–Kier alpha value is -2.80. The lowest BCUT2D eigenvalue weighted by atomic mass is 10.1. The van der Waals surface area contributed by atoms with E-state index in [1.54, 1.807) is 11.1 Å². The van der Waals surface area contributed by atoms with E-state index in [-0.39, 0.29) is 24.5 Å². The predicted molar refractivity (Wildman–Crippen MR) is 104 cm³/mol. The lowest BCUT2D eigenvalue weighted by Gasteiger charge is -2.20. The summed E-state index contributed by atoms with van der Waals surface area (Å²) in [5.74, 6) is 0.281. The Morgan fingerprint density at radius 3 is 2.89 bits per heavy atom. The molecule has 1 atom stereocenters. The molecule has 0 aliphatic carbocycles. The molecule has 28 heavy (non-hydrogen) atoms. The molecule has 0 bridgehead atoms. The zero-order valence-corrected chi connectivity index (χ0v) is 15.8. The minimum absolute atomic E-state index is 0.0471. The van der Waals surface area contributed by atoms with Crippen molar-refractivity contribution in [2.75, 3.05) is 26.2 Å². The van der Waals surface area contributed by atoms with Crippen LogP contribution in [-0.4, -0.2) is 59.0 Å². The molecule has 0 saturated carbocycles. The third-order valence-corrected chi connectivity index (χ3v) is 5.14. The Kier molecular flexibility index (Phi) is 5.62. The van der Waals surface area contributed by atoms with Gasteiger partial charge in [0.25, 0.3) is 5.91 Å². The molecular weight excluding hydrogens is 356 g/mol. The van der Waals surface area contributed by atoms with Gasteiger partial charge >= 0.3 is 0 Å². The number of carbonyl (C=O) groups excluding carboxylic acids is 2. The van der Waals surface area contributed by atoms with E-state index in [1.807, 2.05) is 30.3 Å². The van der Waals surface area contributed by atoms with Crippen molar-refractivity contribution in [3.63, 3.8) is 0 Å². The van der Waals surface area contributed by atoms with Crippen molar-refractivity contribution in [2.24, 2.45) is 0 Å². The van der Waals surface area contributed by atoms with E-state index in [0.717, 1.165) is 37.1 Å². The van der Waals surface area contributed by atoms with Crippen molar-refractivity contribution in [3.8, 4) is 11.4 Å². The van der Waals surface area contributed by atoms with Gasteiger partial charge in [-0.25, -0.2) is 9.97 Å². The maximum Gasteiger partial charge on any atom is 0.257 e. The van der Waals surface area contributed by atoms with Crippen LogP contribution in [0.5, 0.6) is 0 Å².